The Morgan fingerprint density at radius 3 is 2.26 bits per heavy atom. The number of nitrogens with one attached hydrogen (secondary N) is 1. The summed E-state index contributed by atoms with van der Waals surface area (Å²) in [6.07, 6.45) is 13.3. The maximum Gasteiger partial charge on any atom is 0.234 e. The Labute approximate surface area is 164 Å². The van der Waals surface area contributed by atoms with Crippen LogP contribution in [0.25, 0.3) is 6.08 Å². The van der Waals surface area contributed by atoms with E-state index in [0.29, 0.717) is 12.6 Å². The van der Waals surface area contributed by atoms with Crippen molar-refractivity contribution in [2.24, 2.45) is 0 Å². The van der Waals surface area contributed by atoms with Crippen molar-refractivity contribution < 1.29 is 4.79 Å². The van der Waals surface area contributed by atoms with Crippen LogP contribution in [0.3, 0.4) is 0 Å². The topological polar surface area (TPSA) is 35.6 Å². The third-order valence-corrected chi connectivity index (χ3v) is 5.78. The predicted octanol–water partition coefficient (Wildman–Crippen LogP) is 3.55. The SMILES string of the molecule is O=C(CN1CCN(C/C=C/c2ccccc2)CC1)NC1CCCCCCC1. The zero-order valence-corrected chi connectivity index (χ0v) is 16.6. The molecule has 1 aliphatic carbocycles. The number of nitrogens with zero attached hydrogens (tertiary/aromatic N) is 2. The van der Waals surface area contributed by atoms with Gasteiger partial charge < -0.3 is 5.32 Å². The second-order valence-corrected chi connectivity index (χ2v) is 8.00. The predicted molar refractivity (Wildman–Crippen MR) is 113 cm³/mol. The summed E-state index contributed by atoms with van der Waals surface area (Å²) in [6, 6.07) is 10.8. The lowest BCUT2D eigenvalue weighted by Crippen LogP contribution is -2.50. The standard InChI is InChI=1S/C23H35N3O/c27-23(24-22-13-7-2-1-3-8-14-22)20-26-18-16-25(17-19-26)15-9-12-21-10-5-4-6-11-21/h4-6,9-12,22H,1-3,7-8,13-20H2,(H,24,27)/b12-9+. The molecule has 0 aromatic heterocycles. The molecule has 2 fully saturated rings. The first kappa shape index (κ1) is 20.1. The minimum absolute atomic E-state index is 0.220. The van der Waals surface area contributed by atoms with Gasteiger partial charge in [0, 0.05) is 38.8 Å². The Bertz CT molecular complexity index is 571. The van der Waals surface area contributed by atoms with Crippen LogP contribution in [-0.2, 0) is 4.79 Å². The van der Waals surface area contributed by atoms with E-state index in [2.05, 4.69) is 51.5 Å². The molecule has 0 unspecified atom stereocenters. The van der Waals surface area contributed by atoms with E-state index >= 15 is 0 Å². The quantitative estimate of drug-likeness (QED) is 0.833. The van der Waals surface area contributed by atoms with Crippen LogP contribution in [0.15, 0.2) is 36.4 Å². The number of carbonyl (C=O) groups is 1. The smallest absolute Gasteiger partial charge is 0.234 e. The molecule has 1 amide bonds. The van der Waals surface area contributed by atoms with Gasteiger partial charge in [-0.2, -0.15) is 0 Å². The zero-order valence-electron chi connectivity index (χ0n) is 16.6. The molecule has 148 valence electrons. The first-order valence-corrected chi connectivity index (χ1v) is 10.8. The Balaban J connectivity index is 1.32. The van der Waals surface area contributed by atoms with Crippen LogP contribution in [-0.4, -0.2) is 61.0 Å². The number of rotatable bonds is 6. The Kier molecular flexibility index (Phi) is 8.37. The van der Waals surface area contributed by atoms with Crippen molar-refractivity contribution >= 4 is 12.0 Å². The minimum atomic E-state index is 0.220. The van der Waals surface area contributed by atoms with E-state index in [1.54, 1.807) is 0 Å². The van der Waals surface area contributed by atoms with Crippen molar-refractivity contribution in [2.45, 2.75) is 51.0 Å². The van der Waals surface area contributed by atoms with Gasteiger partial charge in [0.25, 0.3) is 0 Å². The molecule has 0 spiro atoms. The monoisotopic (exact) mass is 369 g/mol. The normalized spacial score (nSPS) is 21.0. The van der Waals surface area contributed by atoms with E-state index in [0.717, 1.165) is 45.6 Å². The summed E-state index contributed by atoms with van der Waals surface area (Å²) in [6.45, 7) is 5.58. The number of piperazine rings is 1. The lowest BCUT2D eigenvalue weighted by atomic mass is 9.97. The number of benzene rings is 1. The lowest BCUT2D eigenvalue weighted by Gasteiger charge is -2.34. The summed E-state index contributed by atoms with van der Waals surface area (Å²) >= 11 is 0. The molecule has 2 aliphatic rings. The maximum absolute atomic E-state index is 12.4. The van der Waals surface area contributed by atoms with Crippen LogP contribution in [0.2, 0.25) is 0 Å². The van der Waals surface area contributed by atoms with Gasteiger partial charge in [-0.25, -0.2) is 0 Å². The van der Waals surface area contributed by atoms with E-state index in [-0.39, 0.29) is 5.91 Å². The van der Waals surface area contributed by atoms with Gasteiger partial charge in [-0.1, -0.05) is 74.6 Å². The third kappa shape index (κ3) is 7.47. The Hall–Kier alpha value is -1.65. The second-order valence-electron chi connectivity index (χ2n) is 8.00. The maximum atomic E-state index is 12.4. The second kappa shape index (κ2) is 11.3. The molecule has 1 saturated heterocycles. The molecule has 1 aromatic carbocycles. The van der Waals surface area contributed by atoms with Gasteiger partial charge in [0.05, 0.1) is 6.54 Å². The average Bonchev–Trinajstić information content (AvgIpc) is 2.66. The fraction of sp³-hybridized carbons (Fsp3) is 0.609. The number of hydrogen-bond donors (Lipinski definition) is 1. The number of hydrogen-bond acceptors (Lipinski definition) is 3. The number of amides is 1. The van der Waals surface area contributed by atoms with Crippen LogP contribution in [0.1, 0.15) is 50.5 Å². The summed E-state index contributed by atoms with van der Waals surface area (Å²) < 4.78 is 0. The van der Waals surface area contributed by atoms with Crippen molar-refractivity contribution in [3.05, 3.63) is 42.0 Å². The highest BCUT2D eigenvalue weighted by atomic mass is 16.2. The zero-order chi connectivity index (χ0) is 18.7. The Morgan fingerprint density at radius 2 is 1.56 bits per heavy atom. The third-order valence-electron chi connectivity index (χ3n) is 5.78. The summed E-state index contributed by atoms with van der Waals surface area (Å²) in [5.41, 5.74) is 1.25. The summed E-state index contributed by atoms with van der Waals surface area (Å²) in [5, 5.41) is 3.29. The van der Waals surface area contributed by atoms with E-state index in [1.165, 1.54) is 37.7 Å². The number of carbonyl (C=O) groups excluding carboxylic acids is 1. The fourth-order valence-electron chi connectivity index (χ4n) is 4.11. The van der Waals surface area contributed by atoms with Gasteiger partial charge in [-0.15, -0.1) is 0 Å². The molecule has 1 aliphatic heterocycles. The molecular formula is C23H35N3O. The van der Waals surface area contributed by atoms with E-state index in [4.69, 9.17) is 0 Å². The minimum Gasteiger partial charge on any atom is -0.352 e. The van der Waals surface area contributed by atoms with Crippen molar-refractivity contribution in [1.82, 2.24) is 15.1 Å². The molecule has 0 atom stereocenters. The van der Waals surface area contributed by atoms with Crippen molar-refractivity contribution in [2.75, 3.05) is 39.3 Å². The van der Waals surface area contributed by atoms with Crippen LogP contribution in [0.5, 0.6) is 0 Å². The van der Waals surface area contributed by atoms with Crippen LogP contribution >= 0.6 is 0 Å². The van der Waals surface area contributed by atoms with E-state index < -0.39 is 0 Å². The van der Waals surface area contributed by atoms with Gasteiger partial charge in [0.15, 0.2) is 0 Å². The Morgan fingerprint density at radius 1 is 0.926 bits per heavy atom. The molecule has 4 nitrogen and oxygen atoms in total. The molecule has 1 saturated carbocycles. The van der Waals surface area contributed by atoms with Crippen LogP contribution < -0.4 is 5.32 Å². The van der Waals surface area contributed by atoms with Gasteiger partial charge in [-0.05, 0) is 18.4 Å². The molecule has 1 N–H and O–H groups in total. The largest absolute Gasteiger partial charge is 0.352 e. The van der Waals surface area contributed by atoms with Crippen molar-refractivity contribution in [3.63, 3.8) is 0 Å². The molecule has 27 heavy (non-hydrogen) atoms. The molecule has 0 bridgehead atoms. The highest BCUT2D eigenvalue weighted by molar-refractivity contribution is 5.78. The average molecular weight is 370 g/mol. The first-order valence-electron chi connectivity index (χ1n) is 10.8. The summed E-state index contributed by atoms with van der Waals surface area (Å²) in [5.74, 6) is 0.220. The first-order chi connectivity index (χ1) is 13.3. The van der Waals surface area contributed by atoms with Gasteiger partial charge in [0.1, 0.15) is 0 Å². The van der Waals surface area contributed by atoms with Crippen LogP contribution in [0.4, 0.5) is 0 Å². The lowest BCUT2D eigenvalue weighted by molar-refractivity contribution is -0.123. The fourth-order valence-corrected chi connectivity index (χ4v) is 4.11. The molecule has 1 aromatic rings. The van der Waals surface area contributed by atoms with Crippen molar-refractivity contribution in [1.29, 1.82) is 0 Å². The highest BCUT2D eigenvalue weighted by Crippen LogP contribution is 2.17. The highest BCUT2D eigenvalue weighted by Gasteiger charge is 2.20. The van der Waals surface area contributed by atoms with Gasteiger partial charge in [0.2, 0.25) is 5.91 Å². The van der Waals surface area contributed by atoms with Crippen LogP contribution in [0, 0.1) is 0 Å². The molecule has 1 heterocycles. The van der Waals surface area contributed by atoms with E-state index in [1.807, 2.05) is 6.07 Å². The summed E-state index contributed by atoms with van der Waals surface area (Å²) in [4.78, 5) is 17.2. The molecule has 3 rings (SSSR count). The molecule has 4 heteroatoms. The summed E-state index contributed by atoms with van der Waals surface area (Å²) in [7, 11) is 0. The van der Waals surface area contributed by atoms with Gasteiger partial charge >= 0.3 is 0 Å². The van der Waals surface area contributed by atoms with Crippen molar-refractivity contribution in [3.8, 4) is 0 Å². The van der Waals surface area contributed by atoms with E-state index in [9.17, 15) is 4.79 Å². The molecular weight excluding hydrogens is 334 g/mol. The van der Waals surface area contributed by atoms with Gasteiger partial charge in [-0.3, -0.25) is 14.6 Å². The molecule has 0 radical (unpaired) electrons.